The van der Waals surface area contributed by atoms with Crippen LogP contribution >= 0.6 is 0 Å². The number of anilines is 1. The molecule has 8 nitrogen and oxygen atoms in total. The molecule has 0 aliphatic carbocycles. The first-order chi connectivity index (χ1) is 13.8. The van der Waals surface area contributed by atoms with Crippen molar-refractivity contribution in [3.8, 4) is 11.5 Å². The second kappa shape index (κ2) is 10.0. The van der Waals surface area contributed by atoms with Crippen LogP contribution in [0.5, 0.6) is 11.5 Å². The Hall–Kier alpha value is -3.69. The second-order valence-corrected chi connectivity index (χ2v) is 5.57. The fourth-order valence-corrected chi connectivity index (χ4v) is 2.26. The quantitative estimate of drug-likeness (QED) is 0.647. The van der Waals surface area contributed by atoms with Crippen LogP contribution in [0.2, 0.25) is 0 Å². The predicted molar refractivity (Wildman–Crippen MR) is 97.8 cm³/mol. The lowest BCUT2D eigenvalue weighted by Gasteiger charge is -2.12. The van der Waals surface area contributed by atoms with Gasteiger partial charge in [0.1, 0.15) is 17.1 Å². The normalized spacial score (nSPS) is 10.1. The lowest BCUT2D eigenvalue weighted by Crippen LogP contribution is -2.35. The summed E-state index contributed by atoms with van der Waals surface area (Å²) in [4.78, 5) is 35.8. The summed E-state index contributed by atoms with van der Waals surface area (Å²) in [5.74, 6) is -4.02. The van der Waals surface area contributed by atoms with E-state index in [0.717, 1.165) is 12.1 Å². The highest BCUT2D eigenvalue weighted by atomic mass is 19.2. The van der Waals surface area contributed by atoms with Gasteiger partial charge >= 0.3 is 5.97 Å². The highest BCUT2D eigenvalue weighted by molar-refractivity contribution is 5.97. The zero-order valence-corrected chi connectivity index (χ0v) is 15.6. The van der Waals surface area contributed by atoms with Crippen molar-refractivity contribution in [3.05, 3.63) is 53.6 Å². The summed E-state index contributed by atoms with van der Waals surface area (Å²) in [6, 6.07) is 7.50. The lowest BCUT2D eigenvalue weighted by molar-refractivity contribution is -0.126. The van der Waals surface area contributed by atoms with Gasteiger partial charge in [-0.3, -0.25) is 9.59 Å². The Kier molecular flexibility index (Phi) is 7.47. The SMILES string of the molecule is COc1cccc(OC)c1C(=O)OCC(=O)NCC(=O)Nc1ccc(F)c(F)c1. The fourth-order valence-electron chi connectivity index (χ4n) is 2.26. The Morgan fingerprint density at radius 3 is 2.17 bits per heavy atom. The van der Waals surface area contributed by atoms with Crippen LogP contribution in [0.3, 0.4) is 0 Å². The highest BCUT2D eigenvalue weighted by Crippen LogP contribution is 2.28. The average Bonchev–Trinajstić information content (AvgIpc) is 2.72. The molecule has 0 spiro atoms. The molecule has 0 radical (unpaired) electrons. The molecule has 2 amide bonds. The second-order valence-electron chi connectivity index (χ2n) is 5.57. The van der Waals surface area contributed by atoms with Crippen molar-refractivity contribution < 1.29 is 37.4 Å². The molecule has 2 aromatic rings. The molecule has 0 aliphatic heterocycles. The van der Waals surface area contributed by atoms with Gasteiger partial charge < -0.3 is 24.8 Å². The number of methoxy groups -OCH3 is 2. The molecule has 0 unspecified atom stereocenters. The third-order valence-corrected chi connectivity index (χ3v) is 3.62. The Morgan fingerprint density at radius 1 is 0.931 bits per heavy atom. The highest BCUT2D eigenvalue weighted by Gasteiger charge is 2.20. The van der Waals surface area contributed by atoms with Gasteiger partial charge in [0.2, 0.25) is 5.91 Å². The summed E-state index contributed by atoms with van der Waals surface area (Å²) in [6.45, 7) is -1.12. The number of rotatable bonds is 8. The molecule has 0 atom stereocenters. The van der Waals surface area contributed by atoms with Crippen LogP contribution in [0, 0.1) is 11.6 Å². The molecule has 154 valence electrons. The van der Waals surface area contributed by atoms with Gasteiger partial charge in [-0.05, 0) is 24.3 Å². The molecule has 0 aromatic heterocycles. The maximum Gasteiger partial charge on any atom is 0.346 e. The van der Waals surface area contributed by atoms with E-state index in [1.54, 1.807) is 6.07 Å². The number of ether oxygens (including phenoxy) is 3. The Morgan fingerprint density at radius 2 is 1.59 bits per heavy atom. The summed E-state index contributed by atoms with van der Waals surface area (Å²) in [5, 5.41) is 4.52. The van der Waals surface area contributed by atoms with Crippen LogP contribution in [0.4, 0.5) is 14.5 Å². The molecule has 10 heteroatoms. The van der Waals surface area contributed by atoms with Gasteiger partial charge in [-0.1, -0.05) is 6.07 Å². The molecular formula is C19H18F2N2O6. The minimum Gasteiger partial charge on any atom is -0.496 e. The van der Waals surface area contributed by atoms with Gasteiger partial charge in [0.15, 0.2) is 18.2 Å². The monoisotopic (exact) mass is 408 g/mol. The minimum absolute atomic E-state index is 0.0152. The van der Waals surface area contributed by atoms with Crippen LogP contribution in [0.15, 0.2) is 36.4 Å². The average molecular weight is 408 g/mol. The van der Waals surface area contributed by atoms with Crippen molar-refractivity contribution in [2.45, 2.75) is 0 Å². The van der Waals surface area contributed by atoms with E-state index in [2.05, 4.69) is 10.6 Å². The van der Waals surface area contributed by atoms with E-state index in [1.165, 1.54) is 32.4 Å². The van der Waals surface area contributed by atoms with E-state index < -0.39 is 42.6 Å². The lowest BCUT2D eigenvalue weighted by atomic mass is 10.2. The van der Waals surface area contributed by atoms with Crippen LogP contribution < -0.4 is 20.1 Å². The maximum atomic E-state index is 13.1. The standard InChI is InChI=1S/C19H18F2N2O6/c1-27-14-4-3-5-15(28-2)18(14)19(26)29-10-17(25)22-9-16(24)23-11-6-7-12(20)13(21)8-11/h3-8H,9-10H2,1-2H3,(H,22,25)(H,23,24). The summed E-state index contributed by atoms with van der Waals surface area (Å²) in [6.07, 6.45) is 0. The molecule has 2 rings (SSSR count). The van der Waals surface area contributed by atoms with Gasteiger partial charge in [-0.25, -0.2) is 13.6 Å². The molecule has 0 saturated carbocycles. The smallest absolute Gasteiger partial charge is 0.346 e. The zero-order chi connectivity index (χ0) is 21.4. The van der Waals surface area contributed by atoms with E-state index in [9.17, 15) is 23.2 Å². The topological polar surface area (TPSA) is 103 Å². The fraction of sp³-hybridized carbons (Fsp3) is 0.211. The molecule has 0 saturated heterocycles. The van der Waals surface area contributed by atoms with E-state index >= 15 is 0 Å². The number of carbonyl (C=O) groups excluding carboxylic acids is 3. The van der Waals surface area contributed by atoms with Crippen molar-refractivity contribution >= 4 is 23.5 Å². The van der Waals surface area contributed by atoms with Crippen LogP contribution in [0.25, 0.3) is 0 Å². The summed E-state index contributed by atoms with van der Waals surface area (Å²) >= 11 is 0. The molecular weight excluding hydrogens is 390 g/mol. The largest absolute Gasteiger partial charge is 0.496 e. The number of carbonyl (C=O) groups is 3. The van der Waals surface area contributed by atoms with E-state index in [4.69, 9.17) is 14.2 Å². The number of amides is 2. The van der Waals surface area contributed by atoms with Crippen molar-refractivity contribution in [2.24, 2.45) is 0 Å². The van der Waals surface area contributed by atoms with Gasteiger partial charge in [0.05, 0.1) is 20.8 Å². The molecule has 0 heterocycles. The number of hydrogen-bond acceptors (Lipinski definition) is 6. The predicted octanol–water partition coefficient (Wildman–Crippen LogP) is 1.89. The van der Waals surface area contributed by atoms with Crippen molar-refractivity contribution in [3.63, 3.8) is 0 Å². The Labute approximate surface area is 164 Å². The van der Waals surface area contributed by atoms with Crippen LogP contribution in [-0.4, -0.2) is 45.2 Å². The number of nitrogens with one attached hydrogen (secondary N) is 2. The molecule has 2 aromatic carbocycles. The third kappa shape index (κ3) is 5.89. The molecule has 2 N–H and O–H groups in total. The number of hydrogen-bond donors (Lipinski definition) is 2. The number of esters is 1. The minimum atomic E-state index is -1.12. The van der Waals surface area contributed by atoms with Gasteiger partial charge in [0.25, 0.3) is 5.91 Å². The Bertz CT molecular complexity index is 897. The summed E-state index contributed by atoms with van der Waals surface area (Å²) in [7, 11) is 2.73. The first kappa shape index (κ1) is 21.6. The van der Waals surface area contributed by atoms with Crippen molar-refractivity contribution in [1.29, 1.82) is 0 Å². The Balaban J connectivity index is 1.84. The van der Waals surface area contributed by atoms with E-state index in [-0.39, 0.29) is 22.7 Å². The van der Waals surface area contributed by atoms with Crippen molar-refractivity contribution in [2.75, 3.05) is 32.7 Å². The van der Waals surface area contributed by atoms with Gasteiger partial charge in [-0.2, -0.15) is 0 Å². The van der Waals surface area contributed by atoms with Crippen LogP contribution in [0.1, 0.15) is 10.4 Å². The first-order valence-electron chi connectivity index (χ1n) is 8.25. The maximum absolute atomic E-state index is 13.1. The molecule has 0 fully saturated rings. The van der Waals surface area contributed by atoms with Crippen molar-refractivity contribution in [1.82, 2.24) is 5.32 Å². The van der Waals surface area contributed by atoms with Crippen LogP contribution in [-0.2, 0) is 14.3 Å². The number of halogens is 2. The third-order valence-electron chi connectivity index (χ3n) is 3.62. The molecule has 0 aliphatic rings. The number of benzene rings is 2. The summed E-state index contributed by atoms with van der Waals surface area (Å²) < 4.78 is 41.0. The summed E-state index contributed by atoms with van der Waals surface area (Å²) in [5.41, 5.74) is 0.0409. The van der Waals surface area contributed by atoms with Gasteiger partial charge in [0, 0.05) is 11.8 Å². The molecule has 0 bridgehead atoms. The molecule has 29 heavy (non-hydrogen) atoms. The first-order valence-corrected chi connectivity index (χ1v) is 8.25. The van der Waals surface area contributed by atoms with Gasteiger partial charge in [-0.15, -0.1) is 0 Å². The van der Waals surface area contributed by atoms with E-state index in [0.29, 0.717) is 0 Å². The zero-order valence-electron chi connectivity index (χ0n) is 15.6. The van der Waals surface area contributed by atoms with E-state index in [1.807, 2.05) is 0 Å².